The largest absolute Gasteiger partial charge is 0.481 e. The molecular weight excluding hydrogens is 228 g/mol. The molecule has 0 unspecified atom stereocenters. The van der Waals surface area contributed by atoms with Crippen LogP contribution in [0.1, 0.15) is 11.5 Å². The van der Waals surface area contributed by atoms with Crippen LogP contribution in [0.25, 0.3) is 11.1 Å². The molecule has 0 bridgehead atoms. The third-order valence-corrected chi connectivity index (χ3v) is 2.70. The zero-order chi connectivity index (χ0) is 12.4. The topological polar surface area (TPSA) is 48.2 Å². The number of pyridine rings is 1. The number of nitrogens with zero attached hydrogens (tertiary/aromatic N) is 2. The van der Waals surface area contributed by atoms with E-state index in [9.17, 15) is 0 Å². The van der Waals surface area contributed by atoms with Crippen molar-refractivity contribution in [2.75, 3.05) is 7.11 Å². The fourth-order valence-corrected chi connectivity index (χ4v) is 1.81. The van der Waals surface area contributed by atoms with Crippen LogP contribution in [0.5, 0.6) is 5.88 Å². The summed E-state index contributed by atoms with van der Waals surface area (Å²) in [5, 5.41) is 0. The smallest absolute Gasteiger partial charge is 0.212 e. The minimum Gasteiger partial charge on any atom is -0.481 e. The van der Waals surface area contributed by atoms with E-state index in [1.165, 1.54) is 0 Å². The number of rotatable bonds is 3. The van der Waals surface area contributed by atoms with E-state index in [4.69, 9.17) is 9.15 Å². The first-order valence-corrected chi connectivity index (χ1v) is 5.68. The fraction of sp³-hybridized carbons (Fsp3) is 0.143. The zero-order valence-electron chi connectivity index (χ0n) is 9.96. The van der Waals surface area contributed by atoms with Crippen LogP contribution in [0, 0.1) is 0 Å². The number of methoxy groups -OCH3 is 1. The first kappa shape index (κ1) is 10.8. The molecule has 3 rings (SSSR count). The summed E-state index contributed by atoms with van der Waals surface area (Å²) >= 11 is 0. The van der Waals surface area contributed by atoms with Crippen molar-refractivity contribution in [3.63, 3.8) is 0 Å². The third kappa shape index (κ3) is 2.05. The summed E-state index contributed by atoms with van der Waals surface area (Å²) in [5.74, 6) is 1.31. The van der Waals surface area contributed by atoms with Gasteiger partial charge in [-0.1, -0.05) is 18.2 Å². The van der Waals surface area contributed by atoms with Gasteiger partial charge in [0.05, 0.1) is 13.5 Å². The monoisotopic (exact) mass is 240 g/mol. The van der Waals surface area contributed by atoms with E-state index in [-0.39, 0.29) is 0 Å². The molecule has 90 valence electrons. The van der Waals surface area contributed by atoms with Gasteiger partial charge in [0.1, 0.15) is 5.52 Å². The SMILES string of the molecule is COc1ccc(Cc2nc3ccccc3o2)cn1. The van der Waals surface area contributed by atoms with Crippen LogP contribution in [0.3, 0.4) is 0 Å². The third-order valence-electron chi connectivity index (χ3n) is 2.70. The van der Waals surface area contributed by atoms with Gasteiger partial charge in [-0.15, -0.1) is 0 Å². The number of hydrogen-bond donors (Lipinski definition) is 0. The molecule has 18 heavy (non-hydrogen) atoms. The molecule has 0 aliphatic rings. The Labute approximate surface area is 104 Å². The van der Waals surface area contributed by atoms with Gasteiger partial charge in [-0.3, -0.25) is 0 Å². The predicted molar refractivity (Wildman–Crippen MR) is 67.6 cm³/mol. The molecule has 0 saturated heterocycles. The van der Waals surface area contributed by atoms with Crippen LogP contribution in [-0.4, -0.2) is 17.1 Å². The van der Waals surface area contributed by atoms with Gasteiger partial charge in [0.15, 0.2) is 11.5 Å². The van der Waals surface area contributed by atoms with Gasteiger partial charge in [0.2, 0.25) is 5.88 Å². The van der Waals surface area contributed by atoms with E-state index >= 15 is 0 Å². The number of aromatic nitrogens is 2. The lowest BCUT2D eigenvalue weighted by Crippen LogP contribution is -1.91. The lowest BCUT2D eigenvalue weighted by atomic mass is 10.2. The molecule has 0 fully saturated rings. The number of benzene rings is 1. The van der Waals surface area contributed by atoms with Gasteiger partial charge in [-0.25, -0.2) is 9.97 Å². The maximum Gasteiger partial charge on any atom is 0.212 e. The van der Waals surface area contributed by atoms with Crippen LogP contribution in [0.15, 0.2) is 47.0 Å². The van der Waals surface area contributed by atoms with E-state index in [1.807, 2.05) is 36.4 Å². The van der Waals surface area contributed by atoms with Crippen molar-refractivity contribution in [1.82, 2.24) is 9.97 Å². The summed E-state index contributed by atoms with van der Waals surface area (Å²) in [7, 11) is 1.60. The van der Waals surface area contributed by atoms with Crippen molar-refractivity contribution in [3.8, 4) is 5.88 Å². The highest BCUT2D eigenvalue weighted by Crippen LogP contribution is 2.17. The van der Waals surface area contributed by atoms with E-state index in [1.54, 1.807) is 13.3 Å². The standard InChI is InChI=1S/C14H12N2O2/c1-17-13-7-6-10(9-15-13)8-14-16-11-4-2-3-5-12(11)18-14/h2-7,9H,8H2,1H3. The molecule has 0 amide bonds. The van der Waals surface area contributed by atoms with Crippen LogP contribution in [-0.2, 0) is 6.42 Å². The first-order chi connectivity index (χ1) is 8.85. The highest BCUT2D eigenvalue weighted by Gasteiger charge is 2.06. The van der Waals surface area contributed by atoms with Gasteiger partial charge in [0, 0.05) is 12.3 Å². The lowest BCUT2D eigenvalue weighted by molar-refractivity contribution is 0.397. The molecule has 2 heterocycles. The summed E-state index contributed by atoms with van der Waals surface area (Å²) in [4.78, 5) is 8.58. The Morgan fingerprint density at radius 1 is 1.17 bits per heavy atom. The predicted octanol–water partition coefficient (Wildman–Crippen LogP) is 2.82. The summed E-state index contributed by atoms with van der Waals surface area (Å²) < 4.78 is 10.7. The van der Waals surface area contributed by atoms with Crippen molar-refractivity contribution in [1.29, 1.82) is 0 Å². The average Bonchev–Trinajstić information content (AvgIpc) is 2.82. The molecule has 3 aromatic rings. The molecule has 0 N–H and O–H groups in total. The normalized spacial score (nSPS) is 10.7. The van der Waals surface area contributed by atoms with Crippen LogP contribution in [0.2, 0.25) is 0 Å². The lowest BCUT2D eigenvalue weighted by Gasteiger charge is -1.99. The second-order valence-electron chi connectivity index (χ2n) is 3.96. The minimum atomic E-state index is 0.608. The molecule has 4 nitrogen and oxygen atoms in total. The van der Waals surface area contributed by atoms with E-state index in [0.29, 0.717) is 18.2 Å². The van der Waals surface area contributed by atoms with Crippen LogP contribution < -0.4 is 4.74 Å². The maximum atomic E-state index is 5.66. The van der Waals surface area contributed by atoms with Crippen LogP contribution in [0.4, 0.5) is 0 Å². The average molecular weight is 240 g/mol. The quantitative estimate of drug-likeness (QED) is 0.706. The van der Waals surface area contributed by atoms with Gasteiger partial charge in [-0.05, 0) is 17.7 Å². The Kier molecular flexibility index (Phi) is 2.68. The first-order valence-electron chi connectivity index (χ1n) is 5.68. The van der Waals surface area contributed by atoms with E-state index < -0.39 is 0 Å². The van der Waals surface area contributed by atoms with E-state index in [0.717, 1.165) is 16.7 Å². The summed E-state index contributed by atoms with van der Waals surface area (Å²) in [6.45, 7) is 0. The second kappa shape index (κ2) is 4.49. The Balaban J connectivity index is 1.86. The number of oxazole rings is 1. The Morgan fingerprint density at radius 3 is 2.78 bits per heavy atom. The number of para-hydroxylation sites is 2. The molecule has 0 spiro atoms. The minimum absolute atomic E-state index is 0.608. The van der Waals surface area contributed by atoms with Crippen molar-refractivity contribution < 1.29 is 9.15 Å². The Morgan fingerprint density at radius 2 is 2.06 bits per heavy atom. The van der Waals surface area contributed by atoms with Gasteiger partial charge in [0.25, 0.3) is 0 Å². The molecule has 4 heteroatoms. The number of ether oxygens (including phenoxy) is 1. The van der Waals surface area contributed by atoms with Gasteiger partial charge in [-0.2, -0.15) is 0 Å². The molecule has 0 aliphatic heterocycles. The Bertz CT molecular complexity index is 626. The summed E-state index contributed by atoms with van der Waals surface area (Å²) in [5.41, 5.74) is 2.74. The zero-order valence-corrected chi connectivity index (χ0v) is 9.96. The second-order valence-corrected chi connectivity index (χ2v) is 3.96. The maximum absolute atomic E-state index is 5.66. The number of fused-ring (bicyclic) bond motifs is 1. The Hall–Kier alpha value is -2.36. The van der Waals surface area contributed by atoms with Gasteiger partial charge >= 0.3 is 0 Å². The van der Waals surface area contributed by atoms with Crippen LogP contribution >= 0.6 is 0 Å². The molecule has 0 radical (unpaired) electrons. The molecule has 0 saturated carbocycles. The number of hydrogen-bond acceptors (Lipinski definition) is 4. The van der Waals surface area contributed by atoms with Crippen molar-refractivity contribution in [2.24, 2.45) is 0 Å². The van der Waals surface area contributed by atoms with Crippen molar-refractivity contribution >= 4 is 11.1 Å². The molecular formula is C14H12N2O2. The summed E-state index contributed by atoms with van der Waals surface area (Å²) in [6.07, 6.45) is 2.40. The highest BCUT2D eigenvalue weighted by atomic mass is 16.5. The molecule has 0 atom stereocenters. The van der Waals surface area contributed by atoms with Crippen molar-refractivity contribution in [3.05, 3.63) is 54.0 Å². The van der Waals surface area contributed by atoms with E-state index in [2.05, 4.69) is 9.97 Å². The van der Waals surface area contributed by atoms with Gasteiger partial charge < -0.3 is 9.15 Å². The molecule has 0 aliphatic carbocycles. The molecule has 2 aromatic heterocycles. The summed E-state index contributed by atoms with van der Waals surface area (Å²) in [6, 6.07) is 11.5. The highest BCUT2D eigenvalue weighted by molar-refractivity contribution is 5.72. The van der Waals surface area contributed by atoms with Crippen molar-refractivity contribution in [2.45, 2.75) is 6.42 Å². The molecule has 1 aromatic carbocycles. The fourth-order valence-electron chi connectivity index (χ4n) is 1.81.